The van der Waals surface area contributed by atoms with Gasteiger partial charge in [0.2, 0.25) is 5.91 Å². The van der Waals surface area contributed by atoms with E-state index >= 15 is 0 Å². The van der Waals surface area contributed by atoms with E-state index in [0.29, 0.717) is 17.4 Å². The second kappa shape index (κ2) is 53.0. The van der Waals surface area contributed by atoms with Gasteiger partial charge in [-0.25, -0.2) is 0 Å². The van der Waals surface area contributed by atoms with E-state index in [1.807, 2.05) is 27.2 Å². The van der Waals surface area contributed by atoms with Gasteiger partial charge in [0.05, 0.1) is 39.9 Å². The third-order valence-corrected chi connectivity index (χ3v) is 14.4. The number of carbonyl (C=O) groups is 1. The summed E-state index contributed by atoms with van der Waals surface area (Å²) in [5.41, 5.74) is 0. The molecule has 0 spiro atoms. The molecule has 0 aliphatic heterocycles. The monoisotopic (exact) mass is 1020 g/mol. The first kappa shape index (κ1) is 69.2. The predicted molar refractivity (Wildman–Crippen MR) is 307 cm³/mol. The first-order valence-corrected chi connectivity index (χ1v) is 31.6. The van der Waals surface area contributed by atoms with Crippen LogP contribution in [0.4, 0.5) is 0 Å². The number of phosphoric ester groups is 1. The second-order valence-corrected chi connectivity index (χ2v) is 23.1. The highest BCUT2D eigenvalue weighted by Gasteiger charge is 2.23. The Morgan fingerprint density at radius 1 is 0.507 bits per heavy atom. The molecule has 0 aliphatic carbocycles. The molecule has 0 fully saturated rings. The fraction of sp³-hybridized carbons (Fsp3) is 0.823. The van der Waals surface area contributed by atoms with Crippen LogP contribution in [0.15, 0.2) is 60.8 Å². The molecule has 0 aromatic heterocycles. The predicted octanol–water partition coefficient (Wildman–Crippen LogP) is 17.9. The summed E-state index contributed by atoms with van der Waals surface area (Å²) in [4.78, 5) is 25.4. The van der Waals surface area contributed by atoms with Crippen LogP contribution in [0.25, 0.3) is 0 Å². The van der Waals surface area contributed by atoms with Gasteiger partial charge in [-0.1, -0.05) is 261 Å². The fourth-order valence-electron chi connectivity index (χ4n) is 8.75. The van der Waals surface area contributed by atoms with Crippen LogP contribution in [0, 0.1) is 0 Å². The zero-order chi connectivity index (χ0) is 52.0. The standard InChI is InChI=1S/C62H117N2O6P/c1-6-8-10-12-14-16-18-19-20-21-22-23-24-25-26-27-28-29-30-31-32-33-34-35-36-37-38-39-40-41-42-43-44-45-46-48-50-52-54-56-62(66)63-60(59-70-71(67,68)69-58-57-64(3,4)5)61(65)55-53-51-49-47-17-15-13-11-9-7-2/h9,11,17-19,21-22,47,53,55,60-61,65H,6-8,10,12-16,20,23-46,48-52,54,56-59H2,1-5H3,(H-,63,66,67,68)/b11-9+,19-18-,22-21-,47-17+,55-53+. The molecule has 0 bridgehead atoms. The molecule has 0 rings (SSSR count). The van der Waals surface area contributed by atoms with E-state index in [9.17, 15) is 19.4 Å². The molecule has 2 N–H and O–H groups in total. The van der Waals surface area contributed by atoms with Crippen LogP contribution in [-0.4, -0.2) is 68.5 Å². The number of likely N-dealkylation sites (N-methyl/N-ethyl adjacent to an activating group) is 1. The van der Waals surface area contributed by atoms with Gasteiger partial charge in [0, 0.05) is 6.42 Å². The third-order valence-electron chi connectivity index (χ3n) is 13.4. The van der Waals surface area contributed by atoms with Crippen molar-refractivity contribution in [2.75, 3.05) is 40.9 Å². The summed E-state index contributed by atoms with van der Waals surface area (Å²) in [6.07, 6.45) is 72.2. The van der Waals surface area contributed by atoms with Crippen molar-refractivity contribution in [1.82, 2.24) is 5.32 Å². The zero-order valence-corrected chi connectivity index (χ0v) is 48.3. The van der Waals surface area contributed by atoms with Gasteiger partial charge in [0.1, 0.15) is 13.2 Å². The highest BCUT2D eigenvalue weighted by Crippen LogP contribution is 2.38. The Morgan fingerprint density at radius 3 is 1.28 bits per heavy atom. The molecule has 0 saturated carbocycles. The Hall–Kier alpha value is -1.80. The zero-order valence-electron chi connectivity index (χ0n) is 47.4. The number of aliphatic hydroxyl groups is 1. The molecule has 1 amide bonds. The number of nitrogens with zero attached hydrogens (tertiary/aromatic N) is 1. The van der Waals surface area contributed by atoms with Gasteiger partial charge in [-0.3, -0.25) is 9.36 Å². The average molecular weight is 1020 g/mol. The molecule has 9 heteroatoms. The molecule has 0 heterocycles. The molecular formula is C62H117N2O6P. The Morgan fingerprint density at radius 2 is 0.873 bits per heavy atom. The number of phosphoric acid groups is 1. The van der Waals surface area contributed by atoms with Gasteiger partial charge >= 0.3 is 0 Å². The van der Waals surface area contributed by atoms with Crippen LogP contribution in [0.3, 0.4) is 0 Å². The number of hydrogen-bond donors (Lipinski definition) is 2. The normalized spacial score (nSPS) is 14.3. The molecule has 3 unspecified atom stereocenters. The van der Waals surface area contributed by atoms with E-state index in [2.05, 4.69) is 67.8 Å². The van der Waals surface area contributed by atoms with Crippen molar-refractivity contribution >= 4 is 13.7 Å². The lowest BCUT2D eigenvalue weighted by Crippen LogP contribution is -2.45. The number of aliphatic hydroxyl groups excluding tert-OH is 1. The molecule has 0 aromatic carbocycles. The fourth-order valence-corrected chi connectivity index (χ4v) is 9.48. The van der Waals surface area contributed by atoms with Crippen molar-refractivity contribution in [1.29, 1.82) is 0 Å². The van der Waals surface area contributed by atoms with Gasteiger partial charge in [-0.05, 0) is 70.6 Å². The molecular weight excluding hydrogens is 900 g/mol. The van der Waals surface area contributed by atoms with Crippen LogP contribution in [0.2, 0.25) is 0 Å². The van der Waals surface area contributed by atoms with Crippen molar-refractivity contribution in [3.05, 3.63) is 60.8 Å². The maximum atomic E-state index is 12.9. The van der Waals surface area contributed by atoms with Crippen molar-refractivity contribution < 1.29 is 32.9 Å². The van der Waals surface area contributed by atoms with Gasteiger partial charge in [-0.15, -0.1) is 0 Å². The Kier molecular flexibility index (Phi) is 51.7. The van der Waals surface area contributed by atoms with Crippen LogP contribution in [0.5, 0.6) is 0 Å². The maximum absolute atomic E-state index is 12.9. The van der Waals surface area contributed by atoms with Gasteiger partial charge in [-0.2, -0.15) is 0 Å². The molecule has 0 radical (unpaired) electrons. The topological polar surface area (TPSA) is 108 Å². The van der Waals surface area contributed by atoms with Gasteiger partial charge in [0.15, 0.2) is 0 Å². The largest absolute Gasteiger partial charge is 0.756 e. The average Bonchev–Trinajstić information content (AvgIpc) is 3.33. The summed E-state index contributed by atoms with van der Waals surface area (Å²) in [6, 6.07) is -0.908. The molecule has 0 aromatic rings. The smallest absolute Gasteiger partial charge is 0.268 e. The molecule has 0 saturated heterocycles. The van der Waals surface area contributed by atoms with Crippen molar-refractivity contribution in [2.45, 2.75) is 289 Å². The maximum Gasteiger partial charge on any atom is 0.268 e. The molecule has 3 atom stereocenters. The lowest BCUT2D eigenvalue weighted by molar-refractivity contribution is -0.870. The minimum atomic E-state index is -4.60. The summed E-state index contributed by atoms with van der Waals surface area (Å²) < 4.78 is 23.2. The quantitative estimate of drug-likeness (QED) is 0.0272. The highest BCUT2D eigenvalue weighted by molar-refractivity contribution is 7.45. The highest BCUT2D eigenvalue weighted by atomic mass is 31.2. The second-order valence-electron chi connectivity index (χ2n) is 21.7. The lowest BCUT2D eigenvalue weighted by atomic mass is 10.0. The molecule has 71 heavy (non-hydrogen) atoms. The summed E-state index contributed by atoms with van der Waals surface area (Å²) >= 11 is 0. The Bertz CT molecular complexity index is 1340. The number of rotatable bonds is 55. The van der Waals surface area contributed by atoms with E-state index in [-0.39, 0.29) is 12.5 Å². The number of allylic oxidation sites excluding steroid dienone is 9. The Labute approximate surface area is 441 Å². The number of nitrogens with one attached hydrogen (secondary N) is 1. The number of hydrogen-bond acceptors (Lipinski definition) is 6. The summed E-state index contributed by atoms with van der Waals surface area (Å²) in [6.45, 7) is 4.49. The lowest BCUT2D eigenvalue weighted by Gasteiger charge is -2.29. The molecule has 0 aliphatic rings. The Balaban J connectivity index is 3.82. The number of amides is 1. The van der Waals surface area contributed by atoms with Crippen LogP contribution < -0.4 is 10.2 Å². The first-order chi connectivity index (χ1) is 34.5. The van der Waals surface area contributed by atoms with E-state index in [1.165, 1.54) is 199 Å². The van der Waals surface area contributed by atoms with Gasteiger partial charge in [0.25, 0.3) is 7.82 Å². The summed E-state index contributed by atoms with van der Waals surface area (Å²) in [7, 11) is 1.24. The van der Waals surface area contributed by atoms with Crippen LogP contribution in [0.1, 0.15) is 277 Å². The van der Waals surface area contributed by atoms with E-state index in [1.54, 1.807) is 6.08 Å². The van der Waals surface area contributed by atoms with E-state index in [4.69, 9.17) is 9.05 Å². The number of quaternary nitrogens is 1. The SMILES string of the molecule is CC/C=C/CC/C=C/CC/C=C/C(O)C(COP(=O)([O-])OCC[N+](C)(C)C)NC(=O)CCCCCCCCCCCCCCCCCCCCCCCCCCCCC/C=C\C/C=C\CCCCCCC. The minimum Gasteiger partial charge on any atom is -0.756 e. The van der Waals surface area contributed by atoms with Crippen LogP contribution in [-0.2, 0) is 18.4 Å². The number of unbranched alkanes of at least 4 members (excludes halogenated alkanes) is 34. The van der Waals surface area contributed by atoms with E-state index < -0.39 is 26.6 Å². The van der Waals surface area contributed by atoms with E-state index in [0.717, 1.165) is 57.8 Å². The van der Waals surface area contributed by atoms with Gasteiger partial charge < -0.3 is 28.8 Å². The van der Waals surface area contributed by atoms with Crippen molar-refractivity contribution in [2.24, 2.45) is 0 Å². The molecule has 416 valence electrons. The van der Waals surface area contributed by atoms with Crippen molar-refractivity contribution in [3.8, 4) is 0 Å². The van der Waals surface area contributed by atoms with Crippen molar-refractivity contribution in [3.63, 3.8) is 0 Å². The first-order valence-electron chi connectivity index (χ1n) is 30.2. The third kappa shape index (κ3) is 55.8. The van der Waals surface area contributed by atoms with Crippen LogP contribution >= 0.6 is 7.82 Å². The summed E-state index contributed by atoms with van der Waals surface area (Å²) in [5, 5.41) is 13.8. The minimum absolute atomic E-state index is 0.00923. The summed E-state index contributed by atoms with van der Waals surface area (Å²) in [5.74, 6) is -0.211. The molecule has 8 nitrogen and oxygen atoms in total. The number of carbonyl (C=O) groups excluding carboxylic acids is 1.